The lowest BCUT2D eigenvalue weighted by molar-refractivity contribution is 0.376. The van der Waals surface area contributed by atoms with Gasteiger partial charge in [-0.25, -0.2) is 0 Å². The van der Waals surface area contributed by atoms with Gasteiger partial charge in [0.25, 0.3) is 0 Å². The van der Waals surface area contributed by atoms with Gasteiger partial charge in [-0.15, -0.1) is 0 Å². The summed E-state index contributed by atoms with van der Waals surface area (Å²) >= 11 is 0. The van der Waals surface area contributed by atoms with E-state index in [1.54, 1.807) is 0 Å². The Kier molecular flexibility index (Phi) is 6.73. The number of allylic oxidation sites excluding steroid dienone is 2. The summed E-state index contributed by atoms with van der Waals surface area (Å²) < 4.78 is 0. The van der Waals surface area contributed by atoms with E-state index in [1.807, 2.05) is 0 Å². The Morgan fingerprint density at radius 1 is 0.808 bits per heavy atom. The molecule has 0 heterocycles. The van der Waals surface area contributed by atoms with Crippen LogP contribution in [0, 0.1) is 17.8 Å². The molecule has 26 heavy (non-hydrogen) atoms. The third-order valence-corrected chi connectivity index (χ3v) is 5.66. The Bertz CT molecular complexity index is 758. The van der Waals surface area contributed by atoms with Crippen molar-refractivity contribution in [3.63, 3.8) is 0 Å². The molecule has 0 heteroatoms. The topological polar surface area (TPSA) is 0 Å². The molecule has 1 saturated carbocycles. The van der Waals surface area contributed by atoms with Crippen LogP contribution >= 0.6 is 0 Å². The van der Waals surface area contributed by atoms with E-state index in [0.29, 0.717) is 5.92 Å². The van der Waals surface area contributed by atoms with Gasteiger partial charge in [-0.2, -0.15) is 0 Å². The van der Waals surface area contributed by atoms with E-state index in [1.165, 1.54) is 42.4 Å². The normalized spacial score (nSPS) is 19.9. The zero-order valence-electron chi connectivity index (χ0n) is 16.2. The first-order chi connectivity index (χ1) is 12.8. The van der Waals surface area contributed by atoms with Crippen LogP contribution in [0.25, 0.3) is 0 Å². The molecular formula is C26H30. The van der Waals surface area contributed by atoms with Crippen LogP contribution in [-0.2, 0) is 12.8 Å². The van der Waals surface area contributed by atoms with Gasteiger partial charge in [0.15, 0.2) is 0 Å². The molecule has 2 aromatic carbocycles. The van der Waals surface area contributed by atoms with Gasteiger partial charge in [0, 0.05) is 5.56 Å². The van der Waals surface area contributed by atoms with E-state index in [9.17, 15) is 0 Å². The van der Waals surface area contributed by atoms with Crippen molar-refractivity contribution in [1.82, 2.24) is 0 Å². The Morgan fingerprint density at radius 2 is 1.38 bits per heavy atom. The van der Waals surface area contributed by atoms with Gasteiger partial charge in [-0.3, -0.25) is 0 Å². The molecule has 0 radical (unpaired) electrons. The molecule has 1 fully saturated rings. The fourth-order valence-corrected chi connectivity index (χ4v) is 3.80. The fraction of sp³-hybridized carbons (Fsp3) is 0.385. The van der Waals surface area contributed by atoms with Crippen LogP contribution in [0.3, 0.4) is 0 Å². The SMILES string of the molecule is CCc1ccc(C#C/C=C/[C@H]2CC[C@H](c3ccc(CC)cc3)CC2)cc1. The lowest BCUT2D eigenvalue weighted by Crippen LogP contribution is -2.11. The highest BCUT2D eigenvalue weighted by Crippen LogP contribution is 2.36. The maximum atomic E-state index is 3.24. The summed E-state index contributed by atoms with van der Waals surface area (Å²) in [6.07, 6.45) is 11.8. The molecule has 1 aliphatic rings. The minimum atomic E-state index is 0.693. The van der Waals surface area contributed by atoms with Crippen molar-refractivity contribution in [1.29, 1.82) is 0 Å². The third kappa shape index (κ3) is 5.12. The Morgan fingerprint density at radius 3 is 1.96 bits per heavy atom. The highest BCUT2D eigenvalue weighted by atomic mass is 14.2. The van der Waals surface area contributed by atoms with Gasteiger partial charge in [0.2, 0.25) is 0 Å². The summed E-state index contributed by atoms with van der Waals surface area (Å²) in [4.78, 5) is 0. The van der Waals surface area contributed by atoms with Crippen molar-refractivity contribution in [2.75, 3.05) is 0 Å². The van der Waals surface area contributed by atoms with Crippen molar-refractivity contribution in [2.45, 2.75) is 58.3 Å². The van der Waals surface area contributed by atoms with Crippen molar-refractivity contribution in [3.8, 4) is 11.8 Å². The van der Waals surface area contributed by atoms with Gasteiger partial charge in [0.1, 0.15) is 0 Å². The lowest BCUT2D eigenvalue weighted by atomic mass is 9.78. The van der Waals surface area contributed by atoms with Gasteiger partial charge in [0.05, 0.1) is 0 Å². The van der Waals surface area contributed by atoms with E-state index < -0.39 is 0 Å². The largest absolute Gasteiger partial charge is 0.0730 e. The average molecular weight is 343 g/mol. The number of rotatable bonds is 4. The molecule has 0 aliphatic heterocycles. The van der Waals surface area contributed by atoms with Crippen LogP contribution < -0.4 is 0 Å². The maximum Gasteiger partial charge on any atom is 0.0249 e. The smallest absolute Gasteiger partial charge is 0.0249 e. The predicted molar refractivity (Wildman–Crippen MR) is 112 cm³/mol. The van der Waals surface area contributed by atoms with Gasteiger partial charge >= 0.3 is 0 Å². The first kappa shape index (κ1) is 18.5. The van der Waals surface area contributed by atoms with Gasteiger partial charge in [-0.1, -0.05) is 68.2 Å². The van der Waals surface area contributed by atoms with Crippen molar-refractivity contribution >= 4 is 0 Å². The third-order valence-electron chi connectivity index (χ3n) is 5.66. The summed E-state index contributed by atoms with van der Waals surface area (Å²) in [7, 11) is 0. The summed E-state index contributed by atoms with van der Waals surface area (Å²) in [5.74, 6) is 7.89. The van der Waals surface area contributed by atoms with Crippen LogP contribution in [0.5, 0.6) is 0 Å². The maximum absolute atomic E-state index is 3.24. The van der Waals surface area contributed by atoms with Crippen molar-refractivity contribution in [3.05, 3.63) is 82.9 Å². The molecule has 0 aromatic heterocycles. The molecule has 1 aliphatic carbocycles. The molecule has 2 aromatic rings. The van der Waals surface area contributed by atoms with Crippen LogP contribution in [-0.4, -0.2) is 0 Å². The molecule has 0 spiro atoms. The number of hydrogen-bond acceptors (Lipinski definition) is 0. The zero-order valence-corrected chi connectivity index (χ0v) is 16.2. The molecule has 0 unspecified atom stereocenters. The van der Waals surface area contributed by atoms with Crippen LogP contribution in [0.4, 0.5) is 0 Å². The molecule has 3 rings (SSSR count). The quantitative estimate of drug-likeness (QED) is 0.543. The Labute approximate surface area is 159 Å². The standard InChI is InChI=1S/C26H30/c1-3-21-9-11-23(12-10-21)7-5-6-8-24-15-19-26(20-16-24)25-17-13-22(4-2)14-18-25/h6,8-14,17-18,24,26H,3-4,15-16,19-20H2,1-2H3/b8-6+/t24-,26-. The van der Waals surface area contributed by atoms with Crippen molar-refractivity contribution < 1.29 is 0 Å². The first-order valence-electron chi connectivity index (χ1n) is 10.1. The van der Waals surface area contributed by atoms with E-state index in [2.05, 4.69) is 86.4 Å². The molecule has 0 amide bonds. The highest BCUT2D eigenvalue weighted by Gasteiger charge is 2.20. The molecule has 134 valence electrons. The fourth-order valence-electron chi connectivity index (χ4n) is 3.80. The van der Waals surface area contributed by atoms with Crippen LogP contribution in [0.1, 0.15) is 67.7 Å². The molecule has 0 saturated heterocycles. The van der Waals surface area contributed by atoms with Crippen molar-refractivity contribution in [2.24, 2.45) is 5.92 Å². The molecule has 0 bridgehead atoms. The second kappa shape index (κ2) is 9.44. The van der Waals surface area contributed by atoms with E-state index in [-0.39, 0.29) is 0 Å². The van der Waals surface area contributed by atoms with E-state index in [4.69, 9.17) is 0 Å². The molecule has 0 atom stereocenters. The summed E-state index contributed by atoms with van der Waals surface area (Å²) in [6.45, 7) is 4.40. The first-order valence-corrected chi connectivity index (χ1v) is 10.1. The lowest BCUT2D eigenvalue weighted by Gasteiger charge is -2.27. The summed E-state index contributed by atoms with van der Waals surface area (Å²) in [5, 5.41) is 0. The Balaban J connectivity index is 1.48. The van der Waals surface area contributed by atoms with E-state index >= 15 is 0 Å². The number of aryl methyl sites for hydroxylation is 2. The Hall–Kier alpha value is -2.26. The molecule has 0 N–H and O–H groups in total. The number of hydrogen-bond donors (Lipinski definition) is 0. The summed E-state index contributed by atoms with van der Waals surface area (Å²) in [6, 6.07) is 17.9. The van der Waals surface area contributed by atoms with Gasteiger partial charge in [-0.05, 0) is 85.3 Å². The average Bonchev–Trinajstić information content (AvgIpc) is 2.72. The second-order valence-corrected chi connectivity index (χ2v) is 7.39. The molecular weight excluding hydrogens is 312 g/mol. The van der Waals surface area contributed by atoms with Crippen LogP contribution in [0.15, 0.2) is 60.7 Å². The highest BCUT2D eigenvalue weighted by molar-refractivity contribution is 5.38. The minimum absolute atomic E-state index is 0.693. The monoisotopic (exact) mass is 342 g/mol. The number of benzene rings is 2. The second-order valence-electron chi connectivity index (χ2n) is 7.39. The van der Waals surface area contributed by atoms with E-state index in [0.717, 1.165) is 24.3 Å². The summed E-state index contributed by atoms with van der Waals surface area (Å²) in [5.41, 5.74) is 5.44. The van der Waals surface area contributed by atoms with Crippen LogP contribution in [0.2, 0.25) is 0 Å². The zero-order chi connectivity index (χ0) is 18.2. The predicted octanol–water partition coefficient (Wildman–Crippen LogP) is 6.69. The van der Waals surface area contributed by atoms with Gasteiger partial charge < -0.3 is 0 Å². The minimum Gasteiger partial charge on any atom is -0.0730 e. The molecule has 0 nitrogen and oxygen atoms in total.